The van der Waals surface area contributed by atoms with Crippen molar-refractivity contribution in [3.63, 3.8) is 0 Å². The molecule has 0 aliphatic rings. The van der Waals surface area contributed by atoms with Crippen LogP contribution in [0.4, 0.5) is 5.69 Å². The zero-order chi connectivity index (χ0) is 10.1. The first-order valence-corrected chi connectivity index (χ1v) is 4.64. The first kappa shape index (κ1) is 13.5. The van der Waals surface area contributed by atoms with Crippen molar-refractivity contribution < 1.29 is 42.9 Å². The second kappa shape index (κ2) is 4.85. The number of rotatable bonds is 2. The fraction of sp³-hybridized carbons (Fsp3) is 0. The number of nitro groups is 1. The van der Waals surface area contributed by atoms with Gasteiger partial charge in [-0.05, 0) is 6.07 Å². The zero-order valence-corrected chi connectivity index (χ0v) is 10.1. The molecule has 0 aromatic heterocycles. The van der Waals surface area contributed by atoms with Crippen LogP contribution in [0.15, 0.2) is 29.2 Å². The molecule has 1 aromatic rings. The summed E-state index contributed by atoms with van der Waals surface area (Å²) in [7, 11) is -4.27. The maximum atomic E-state index is 10.7. The maximum Gasteiger partial charge on any atom is 1.00 e. The second-order valence-electron chi connectivity index (χ2n) is 2.23. The third kappa shape index (κ3) is 3.03. The van der Waals surface area contributed by atoms with Gasteiger partial charge in [-0.1, -0.05) is 12.1 Å². The van der Waals surface area contributed by atoms with Crippen molar-refractivity contribution in [3.8, 4) is 0 Å². The first-order chi connectivity index (χ1) is 5.93. The van der Waals surface area contributed by atoms with Crippen LogP contribution in [0.1, 0.15) is 0 Å². The number of nitrogens with zero attached hydrogens (tertiary/aromatic N) is 1. The molecule has 0 bridgehead atoms. The Labute approximate surface area is 103 Å². The minimum Gasteiger partial charge on any atom is -0.560 e. The van der Waals surface area contributed by atoms with Crippen LogP contribution in [0.25, 0.3) is 5.14 Å². The van der Waals surface area contributed by atoms with Gasteiger partial charge in [-0.2, -0.15) is 0 Å². The van der Waals surface area contributed by atoms with E-state index in [1.807, 2.05) is 0 Å². The zero-order valence-electron chi connectivity index (χ0n) is 7.30. The molecule has 1 aromatic carbocycles. The van der Waals surface area contributed by atoms with Crippen molar-refractivity contribution in [2.75, 3.05) is 0 Å². The topological polar surface area (TPSA) is 101 Å². The average Bonchev–Trinajstić information content (AvgIpc) is 2.03. The van der Waals surface area contributed by atoms with Gasteiger partial charge in [-0.3, -0.25) is 10.1 Å². The van der Waals surface area contributed by atoms with E-state index in [1.165, 1.54) is 12.1 Å². The molecule has 0 unspecified atom stereocenters. The van der Waals surface area contributed by atoms with E-state index < -0.39 is 25.5 Å². The molecule has 1 N–H and O–H groups in total. The summed E-state index contributed by atoms with van der Waals surface area (Å²) >= 11 is 0. The van der Waals surface area contributed by atoms with Gasteiger partial charge in [0.2, 0.25) is 0 Å². The Balaban J connectivity index is 0.00000169. The van der Waals surface area contributed by atoms with Crippen molar-refractivity contribution in [1.29, 1.82) is 0 Å². The molecule has 0 aliphatic heterocycles. The molecular formula is C6H5N2NaO4S. The van der Waals surface area contributed by atoms with E-state index in [9.17, 15) is 18.5 Å². The number of hydrogen-bond acceptors (Lipinski definition) is 4. The van der Waals surface area contributed by atoms with Crippen LogP contribution in [0.5, 0.6) is 0 Å². The van der Waals surface area contributed by atoms with E-state index in [-0.39, 0.29) is 29.6 Å². The van der Waals surface area contributed by atoms with E-state index in [2.05, 4.69) is 0 Å². The van der Waals surface area contributed by atoms with E-state index >= 15 is 0 Å². The molecule has 14 heavy (non-hydrogen) atoms. The molecule has 0 atom stereocenters. The molecule has 8 heteroatoms. The average molecular weight is 224 g/mol. The molecule has 0 aliphatic carbocycles. The van der Waals surface area contributed by atoms with Gasteiger partial charge < -0.3 is 5.14 Å². The Morgan fingerprint density at radius 2 is 1.79 bits per heavy atom. The van der Waals surface area contributed by atoms with E-state index in [1.54, 1.807) is 0 Å². The number of hydrogen-bond donors (Lipinski definition) is 0. The van der Waals surface area contributed by atoms with Gasteiger partial charge in [0.25, 0.3) is 5.69 Å². The molecule has 0 amide bonds. The summed E-state index contributed by atoms with van der Waals surface area (Å²) in [6, 6.07) is 4.74. The SMILES string of the molecule is [NH-]S(=O)(=O)c1ccccc1[N+](=O)[O-].[Na+]. The van der Waals surface area contributed by atoms with Gasteiger partial charge in [-0.15, -0.1) is 0 Å². The van der Waals surface area contributed by atoms with Crippen molar-refractivity contribution >= 4 is 15.7 Å². The molecular weight excluding hydrogens is 219 g/mol. The monoisotopic (exact) mass is 224 g/mol. The van der Waals surface area contributed by atoms with E-state index in [0.717, 1.165) is 12.1 Å². The Bertz CT molecular complexity index is 445. The Morgan fingerprint density at radius 1 is 1.29 bits per heavy atom. The summed E-state index contributed by atoms with van der Waals surface area (Å²) < 4.78 is 21.4. The fourth-order valence-electron chi connectivity index (χ4n) is 0.835. The normalized spacial score (nSPS) is 10.4. The Morgan fingerprint density at radius 3 is 2.14 bits per heavy atom. The summed E-state index contributed by atoms with van der Waals surface area (Å²) in [6.07, 6.45) is 0. The second-order valence-corrected chi connectivity index (χ2v) is 3.67. The van der Waals surface area contributed by atoms with Gasteiger partial charge in [0.15, 0.2) is 0 Å². The summed E-state index contributed by atoms with van der Waals surface area (Å²) in [4.78, 5) is 8.91. The number of sulfonamides is 1. The van der Waals surface area contributed by atoms with Crippen LogP contribution in [0.2, 0.25) is 0 Å². The largest absolute Gasteiger partial charge is 1.00 e. The van der Waals surface area contributed by atoms with Gasteiger partial charge in [0, 0.05) is 6.07 Å². The van der Waals surface area contributed by atoms with Crippen LogP contribution in [0.3, 0.4) is 0 Å². The predicted octanol–water partition coefficient (Wildman–Crippen LogP) is -1.66. The number of para-hydroxylation sites is 1. The molecule has 0 radical (unpaired) electrons. The van der Waals surface area contributed by atoms with Crippen molar-refractivity contribution in [1.82, 2.24) is 0 Å². The van der Waals surface area contributed by atoms with Crippen molar-refractivity contribution in [3.05, 3.63) is 39.5 Å². The quantitative estimate of drug-likeness (QED) is 0.341. The molecule has 0 saturated carbocycles. The van der Waals surface area contributed by atoms with Crippen LogP contribution >= 0.6 is 0 Å². The molecule has 1 rings (SSSR count). The van der Waals surface area contributed by atoms with Crippen molar-refractivity contribution in [2.45, 2.75) is 4.90 Å². The van der Waals surface area contributed by atoms with Gasteiger partial charge >= 0.3 is 29.6 Å². The maximum absolute atomic E-state index is 10.7. The molecule has 0 saturated heterocycles. The smallest absolute Gasteiger partial charge is 0.560 e. The number of nitrogens with one attached hydrogen (secondary N) is 1. The molecule has 70 valence electrons. The Hall–Kier alpha value is -0.470. The summed E-state index contributed by atoms with van der Waals surface area (Å²) in [5.41, 5.74) is -0.572. The fourth-order valence-corrected chi connectivity index (χ4v) is 1.51. The first-order valence-electron chi connectivity index (χ1n) is 3.16. The van der Waals surface area contributed by atoms with Crippen molar-refractivity contribution in [2.24, 2.45) is 0 Å². The van der Waals surface area contributed by atoms with Gasteiger partial charge in [0.1, 0.15) is 14.9 Å². The summed E-state index contributed by atoms with van der Waals surface area (Å²) in [5, 5.41) is 17.0. The summed E-state index contributed by atoms with van der Waals surface area (Å²) in [5.74, 6) is 0. The molecule has 0 spiro atoms. The number of nitro benzene ring substituents is 1. The molecule has 6 nitrogen and oxygen atoms in total. The predicted molar refractivity (Wildman–Crippen MR) is 44.6 cm³/mol. The number of benzene rings is 1. The standard InChI is InChI=1S/C6H5N2O4S.Na/c7-13(11,12)6-4-2-1-3-5(6)8(9)10;/h1-4H,(H-,7,11,12);/q-1;+1. The van der Waals surface area contributed by atoms with Gasteiger partial charge in [-0.25, -0.2) is 8.42 Å². The van der Waals surface area contributed by atoms with Crippen LogP contribution in [-0.4, -0.2) is 13.3 Å². The van der Waals surface area contributed by atoms with Crippen LogP contribution in [-0.2, 0) is 10.0 Å². The van der Waals surface area contributed by atoms with Crippen LogP contribution < -0.4 is 29.6 Å². The third-order valence-corrected chi connectivity index (χ3v) is 2.28. The van der Waals surface area contributed by atoms with Crippen LogP contribution in [0, 0.1) is 10.1 Å². The van der Waals surface area contributed by atoms with E-state index in [4.69, 9.17) is 5.14 Å². The van der Waals surface area contributed by atoms with Gasteiger partial charge in [0.05, 0.1) is 4.92 Å². The minimum absolute atomic E-state index is 0. The molecule has 0 heterocycles. The third-order valence-electron chi connectivity index (χ3n) is 1.35. The minimum atomic E-state index is -4.27. The van der Waals surface area contributed by atoms with E-state index in [0.29, 0.717) is 0 Å². The summed E-state index contributed by atoms with van der Waals surface area (Å²) in [6.45, 7) is 0. The Kier molecular flexibility index (Phi) is 4.69. The molecule has 0 fully saturated rings.